The van der Waals surface area contributed by atoms with Crippen molar-refractivity contribution in [3.8, 4) is 50.7 Å². The summed E-state index contributed by atoms with van der Waals surface area (Å²) in [5.74, 6) is 2.80. The molecule has 4 heterocycles. The molecule has 438 valence electrons. The van der Waals surface area contributed by atoms with E-state index in [1.165, 1.54) is 38.9 Å². The van der Waals surface area contributed by atoms with Gasteiger partial charge in [0.25, 0.3) is 0 Å². The van der Waals surface area contributed by atoms with Crippen molar-refractivity contribution in [3.63, 3.8) is 0 Å². The van der Waals surface area contributed by atoms with Crippen molar-refractivity contribution in [2.45, 2.75) is 138 Å². The predicted octanol–water partition coefficient (Wildman–Crippen LogP) is 23.4. The fourth-order valence-electron chi connectivity index (χ4n) is 12.9. The van der Waals surface area contributed by atoms with E-state index in [0.717, 1.165) is 89.0 Å². The third kappa shape index (κ3) is 10.3. The molecule has 1 aliphatic heterocycles. The van der Waals surface area contributed by atoms with Gasteiger partial charge in [-0.3, -0.25) is 4.57 Å². The van der Waals surface area contributed by atoms with E-state index in [2.05, 4.69) is 252 Å². The summed E-state index contributed by atoms with van der Waals surface area (Å²) in [5, 5.41) is 4.14. The fraction of sp³-hybridized carbons (Fsp3) is 0.272. The van der Waals surface area contributed by atoms with E-state index in [0.29, 0.717) is 29.6 Å². The Hall–Kier alpha value is -8.87. The molecule has 6 nitrogen and oxygen atoms in total. The number of benzene rings is 9. The van der Waals surface area contributed by atoms with Crippen LogP contribution in [0.3, 0.4) is 0 Å². The molecule has 0 N–H and O–H groups in total. The first kappa shape index (κ1) is 51.4. The first-order valence-corrected chi connectivity index (χ1v) is 30.9. The summed E-state index contributed by atoms with van der Waals surface area (Å²) in [6, 6.07) is 54.3. The average molecular weight is 1150 g/mol. The highest BCUT2D eigenvalue weighted by atomic mass is 16.5. The highest BCUT2D eigenvalue weighted by molar-refractivity contribution is 6.24. The summed E-state index contributed by atoms with van der Waals surface area (Å²) in [6.07, 6.45) is 1.91. The molecule has 0 amide bonds. The number of fused-ring (bicyclic) bond motifs is 8. The van der Waals surface area contributed by atoms with Crippen molar-refractivity contribution in [2.75, 3.05) is 16.5 Å². The molecular formula is C81H82N4O2. The van der Waals surface area contributed by atoms with Gasteiger partial charge in [0.15, 0.2) is 0 Å². The lowest BCUT2D eigenvalue weighted by molar-refractivity contribution is 0.483. The number of rotatable bonds is 11. The molecule has 0 atom stereocenters. The number of furan rings is 1. The van der Waals surface area contributed by atoms with Crippen LogP contribution in [0.5, 0.6) is 11.5 Å². The minimum Gasteiger partial charge on any atom is -0.457 e. The third-order valence-corrected chi connectivity index (χ3v) is 17.7. The lowest BCUT2D eigenvalue weighted by Gasteiger charge is -2.30. The third-order valence-electron chi connectivity index (χ3n) is 17.7. The quantitative estimate of drug-likeness (QED) is 0.129. The number of nitrogens with zero attached hydrogens (tertiary/aromatic N) is 4. The van der Waals surface area contributed by atoms with Crippen LogP contribution in [-0.4, -0.2) is 16.2 Å². The van der Waals surface area contributed by atoms with Gasteiger partial charge in [-0.1, -0.05) is 213 Å². The van der Waals surface area contributed by atoms with E-state index >= 15 is 0 Å². The Morgan fingerprint density at radius 1 is 0.506 bits per heavy atom. The van der Waals surface area contributed by atoms with Crippen LogP contribution in [0.2, 0.25) is 0 Å². The highest BCUT2D eigenvalue weighted by Gasteiger charge is 2.34. The maximum atomic E-state index is 9.51. The van der Waals surface area contributed by atoms with E-state index in [-0.39, 0.29) is 57.8 Å². The molecule has 6 heteroatoms. The van der Waals surface area contributed by atoms with Gasteiger partial charge in [-0.2, -0.15) is 0 Å². The standard InChI is InChI=1S/C81H82N4O2/c1-49(2)53-42-67(50(3)4)75(68(43-53)51(5)6)55-40-59(83-48-84(70-30-21-20-29-69(70)83)77-62(52-24-17-16-18-25-52)27-23-28-63(77)54-38-57(80(10,11)12)44-58(39-54)81(13,14)15)46-61(41-55)86-60-32-33-66-72(47-60)85(74-45-56(36-37-82-74)79(7,8)9)71-35-34-65-64-26-19-22-31-73(64)87-78(65)76(66)71/h16-47,49-51H,48H2,1-15H3/i16D,17D,18D,24D,25D. The van der Waals surface area contributed by atoms with E-state index in [1.807, 2.05) is 30.5 Å². The lowest BCUT2D eigenvalue weighted by atomic mass is 9.78. The van der Waals surface area contributed by atoms with Gasteiger partial charge in [0.2, 0.25) is 0 Å². The minimum atomic E-state index is -0.431. The van der Waals surface area contributed by atoms with Crippen molar-refractivity contribution in [3.05, 3.63) is 228 Å². The molecule has 1 aliphatic rings. The van der Waals surface area contributed by atoms with Crippen molar-refractivity contribution >= 4 is 66.5 Å². The van der Waals surface area contributed by atoms with E-state index in [4.69, 9.17) is 18.3 Å². The van der Waals surface area contributed by atoms with Crippen LogP contribution in [0.15, 0.2) is 199 Å². The number of hydrogen-bond acceptors (Lipinski definition) is 5. The SMILES string of the molecule is [2H]c1c([2H])c([2H])c(-c2cccc(-c3cc(C(C)(C)C)cc(C(C)(C)C)c3)c2N2CN(c3cc(Oc4ccc5c6c7oc8ccccc8c7ccc6n(-c6cc(C(C)(C)C)ccn6)c5c4)cc(-c4c(C(C)C)cc(C(C)C)cc4C(C)C)c3)c3ccccc32)c([2H])c1[2H]. The Kier molecular flexibility index (Phi) is 12.7. The number of ether oxygens (including phenoxy) is 1. The van der Waals surface area contributed by atoms with Gasteiger partial charge in [0, 0.05) is 51.3 Å². The second kappa shape index (κ2) is 21.5. The largest absolute Gasteiger partial charge is 0.457 e. The first-order chi connectivity index (χ1) is 43.6. The monoisotopic (exact) mass is 1150 g/mol. The number of pyridine rings is 1. The van der Waals surface area contributed by atoms with Gasteiger partial charge in [-0.15, -0.1) is 0 Å². The van der Waals surface area contributed by atoms with Gasteiger partial charge in [-0.05, 0) is 156 Å². The van der Waals surface area contributed by atoms with Crippen molar-refractivity contribution < 1.29 is 16.0 Å². The van der Waals surface area contributed by atoms with Gasteiger partial charge in [-0.25, -0.2) is 4.98 Å². The van der Waals surface area contributed by atoms with Crippen LogP contribution in [0.1, 0.15) is 162 Å². The Balaban J connectivity index is 1.05. The smallest absolute Gasteiger partial charge is 0.145 e. The average Bonchev–Trinajstić information content (AvgIpc) is 1.52. The molecule has 0 radical (unpaired) electrons. The van der Waals surface area contributed by atoms with Gasteiger partial charge < -0.3 is 19.0 Å². The Labute approximate surface area is 522 Å². The van der Waals surface area contributed by atoms with Crippen LogP contribution in [0.4, 0.5) is 22.7 Å². The van der Waals surface area contributed by atoms with Crippen LogP contribution in [0.25, 0.3) is 82.9 Å². The van der Waals surface area contributed by atoms with Gasteiger partial charge >= 0.3 is 0 Å². The molecule has 3 aromatic heterocycles. The summed E-state index contributed by atoms with van der Waals surface area (Å²) in [5.41, 5.74) is 18.6. The molecule has 13 rings (SSSR count). The number of hydrogen-bond donors (Lipinski definition) is 0. The van der Waals surface area contributed by atoms with Crippen LogP contribution in [-0.2, 0) is 16.2 Å². The maximum Gasteiger partial charge on any atom is 0.145 e. The zero-order valence-corrected chi connectivity index (χ0v) is 53.1. The molecule has 0 spiro atoms. The molecule has 0 saturated heterocycles. The van der Waals surface area contributed by atoms with Crippen molar-refractivity contribution in [2.24, 2.45) is 0 Å². The van der Waals surface area contributed by atoms with Crippen molar-refractivity contribution in [1.29, 1.82) is 0 Å². The van der Waals surface area contributed by atoms with Crippen LogP contribution in [0, 0.1) is 0 Å². The number of para-hydroxylation sites is 4. The van der Waals surface area contributed by atoms with E-state index in [1.54, 1.807) is 0 Å². The second-order valence-electron chi connectivity index (χ2n) is 27.9. The molecule has 87 heavy (non-hydrogen) atoms. The van der Waals surface area contributed by atoms with Gasteiger partial charge in [0.05, 0.1) is 40.3 Å². The summed E-state index contributed by atoms with van der Waals surface area (Å²) in [4.78, 5) is 9.68. The lowest BCUT2D eigenvalue weighted by Crippen LogP contribution is -2.25. The highest BCUT2D eigenvalue weighted by Crippen LogP contribution is 2.53. The summed E-state index contributed by atoms with van der Waals surface area (Å²) >= 11 is 0. The summed E-state index contributed by atoms with van der Waals surface area (Å²) in [7, 11) is 0. The molecule has 12 aromatic rings. The molecule has 9 aromatic carbocycles. The molecule has 0 aliphatic carbocycles. The van der Waals surface area contributed by atoms with E-state index in [9.17, 15) is 2.74 Å². The van der Waals surface area contributed by atoms with Crippen LogP contribution >= 0.6 is 0 Å². The fourth-order valence-corrected chi connectivity index (χ4v) is 12.9. The zero-order valence-electron chi connectivity index (χ0n) is 58.1. The Bertz CT molecular complexity index is 4860. The predicted molar refractivity (Wildman–Crippen MR) is 369 cm³/mol. The number of anilines is 4. The second-order valence-corrected chi connectivity index (χ2v) is 27.9. The molecule has 0 bridgehead atoms. The topological polar surface area (TPSA) is 46.7 Å². The first-order valence-electron chi connectivity index (χ1n) is 33.4. The Morgan fingerprint density at radius 3 is 1.79 bits per heavy atom. The minimum absolute atomic E-state index is 0.128. The molecular weight excluding hydrogens is 1060 g/mol. The van der Waals surface area contributed by atoms with Crippen LogP contribution < -0.4 is 14.5 Å². The molecule has 0 fully saturated rings. The maximum absolute atomic E-state index is 9.51. The zero-order chi connectivity index (χ0) is 65.4. The molecule has 0 saturated carbocycles. The Morgan fingerprint density at radius 2 is 1.14 bits per heavy atom. The summed E-state index contributed by atoms with van der Waals surface area (Å²) in [6.45, 7) is 34.1. The number of aromatic nitrogens is 2. The summed E-state index contributed by atoms with van der Waals surface area (Å²) < 4.78 is 62.1. The van der Waals surface area contributed by atoms with E-state index < -0.39 is 6.04 Å². The van der Waals surface area contributed by atoms with Crippen molar-refractivity contribution in [1.82, 2.24) is 9.55 Å². The molecule has 0 unspecified atom stereocenters. The normalized spacial score (nSPS) is 14.0. The van der Waals surface area contributed by atoms with Gasteiger partial charge in [0.1, 0.15) is 35.2 Å².